The molecular weight excluding hydrogens is 333 g/mol. The Morgan fingerprint density at radius 1 is 1.25 bits per heavy atom. The second-order valence-corrected chi connectivity index (χ2v) is 5.12. The van der Waals surface area contributed by atoms with Crippen molar-refractivity contribution in [2.45, 2.75) is 0 Å². The van der Waals surface area contributed by atoms with Crippen LogP contribution in [0.5, 0.6) is 0 Å². The minimum Gasteiger partial charge on any atom is -0.258 e. The number of aromatic amines is 1. The molecule has 120 valence electrons. The minimum absolute atomic E-state index is 0.0698. The fourth-order valence-corrected chi connectivity index (χ4v) is 2.25. The van der Waals surface area contributed by atoms with Crippen LogP contribution in [-0.2, 0) is 0 Å². The van der Waals surface area contributed by atoms with E-state index in [9.17, 15) is 14.5 Å². The highest BCUT2D eigenvalue weighted by Gasteiger charge is 2.12. The quantitative estimate of drug-likeness (QED) is 0.340. The second-order valence-electron chi connectivity index (χ2n) is 4.73. The van der Waals surface area contributed by atoms with Crippen molar-refractivity contribution in [1.29, 1.82) is 0 Å². The first-order chi connectivity index (χ1) is 11.6. The van der Waals surface area contributed by atoms with Gasteiger partial charge in [0.05, 0.1) is 16.7 Å². The normalized spacial score (nSPS) is 11.0. The van der Waals surface area contributed by atoms with E-state index in [0.717, 1.165) is 0 Å². The summed E-state index contributed by atoms with van der Waals surface area (Å²) in [5, 5.41) is 21.9. The third kappa shape index (κ3) is 3.10. The highest BCUT2D eigenvalue weighted by molar-refractivity contribution is 7.71. The smallest absolute Gasteiger partial charge is 0.258 e. The Hall–Kier alpha value is -3.20. The lowest BCUT2D eigenvalue weighted by Crippen LogP contribution is -1.98. The molecule has 2 aromatic carbocycles. The van der Waals surface area contributed by atoms with Crippen molar-refractivity contribution in [3.8, 4) is 11.4 Å². The summed E-state index contributed by atoms with van der Waals surface area (Å²) in [6.45, 7) is 0. The zero-order chi connectivity index (χ0) is 17.1. The number of halogens is 1. The average Bonchev–Trinajstić information content (AvgIpc) is 2.94. The Morgan fingerprint density at radius 3 is 2.67 bits per heavy atom. The maximum Gasteiger partial charge on any atom is 0.278 e. The van der Waals surface area contributed by atoms with E-state index in [0.29, 0.717) is 17.0 Å². The van der Waals surface area contributed by atoms with Crippen LogP contribution >= 0.6 is 12.2 Å². The van der Waals surface area contributed by atoms with Crippen molar-refractivity contribution in [1.82, 2.24) is 14.9 Å². The first-order valence-electron chi connectivity index (χ1n) is 6.77. The van der Waals surface area contributed by atoms with Crippen LogP contribution in [0.4, 0.5) is 10.1 Å². The predicted molar refractivity (Wildman–Crippen MR) is 88.9 cm³/mol. The van der Waals surface area contributed by atoms with Crippen LogP contribution in [0.25, 0.3) is 11.4 Å². The van der Waals surface area contributed by atoms with Crippen molar-refractivity contribution in [3.05, 3.63) is 74.8 Å². The van der Waals surface area contributed by atoms with E-state index in [1.165, 1.54) is 41.2 Å². The van der Waals surface area contributed by atoms with E-state index in [2.05, 4.69) is 15.3 Å². The third-order valence-electron chi connectivity index (χ3n) is 3.20. The van der Waals surface area contributed by atoms with Crippen LogP contribution in [0, 0.1) is 20.7 Å². The van der Waals surface area contributed by atoms with Crippen molar-refractivity contribution in [2.24, 2.45) is 5.10 Å². The molecule has 0 aliphatic rings. The summed E-state index contributed by atoms with van der Waals surface area (Å²) < 4.78 is 14.6. The molecular formula is C15H10FN5O2S. The number of nitro groups is 1. The molecule has 0 amide bonds. The van der Waals surface area contributed by atoms with Gasteiger partial charge in [0.2, 0.25) is 4.77 Å². The van der Waals surface area contributed by atoms with Gasteiger partial charge in [-0.15, -0.1) is 0 Å². The molecule has 0 bridgehead atoms. The van der Waals surface area contributed by atoms with Crippen molar-refractivity contribution < 1.29 is 9.31 Å². The molecule has 0 aliphatic carbocycles. The summed E-state index contributed by atoms with van der Waals surface area (Å²) in [4.78, 5) is 10.5. The molecule has 0 atom stereocenters. The number of nitro benzene ring substituents is 1. The predicted octanol–water partition coefficient (Wildman–Crippen LogP) is 3.54. The van der Waals surface area contributed by atoms with E-state index < -0.39 is 4.92 Å². The van der Waals surface area contributed by atoms with Crippen molar-refractivity contribution >= 4 is 24.1 Å². The number of H-pyrrole nitrogens is 1. The highest BCUT2D eigenvalue weighted by Crippen LogP contribution is 2.19. The minimum atomic E-state index is -0.489. The Morgan fingerprint density at radius 2 is 1.96 bits per heavy atom. The molecule has 9 heteroatoms. The van der Waals surface area contributed by atoms with E-state index in [1.54, 1.807) is 18.2 Å². The summed E-state index contributed by atoms with van der Waals surface area (Å²) in [7, 11) is 0. The molecule has 0 aliphatic heterocycles. The number of hydrogen-bond donors (Lipinski definition) is 1. The van der Waals surface area contributed by atoms with Gasteiger partial charge in [0.15, 0.2) is 5.82 Å². The Kier molecular flexibility index (Phi) is 4.25. The lowest BCUT2D eigenvalue weighted by Gasteiger charge is -2.01. The number of benzene rings is 2. The maximum absolute atomic E-state index is 13.0. The maximum atomic E-state index is 13.0. The molecule has 24 heavy (non-hydrogen) atoms. The fraction of sp³-hybridized carbons (Fsp3) is 0. The van der Waals surface area contributed by atoms with Crippen molar-refractivity contribution in [3.63, 3.8) is 0 Å². The molecule has 0 saturated heterocycles. The Labute approximate surface area is 140 Å². The number of para-hydroxylation sites is 1. The van der Waals surface area contributed by atoms with E-state index >= 15 is 0 Å². The number of nitrogens with zero attached hydrogens (tertiary/aromatic N) is 4. The number of aromatic nitrogens is 3. The van der Waals surface area contributed by atoms with Crippen LogP contribution in [0.15, 0.2) is 53.6 Å². The largest absolute Gasteiger partial charge is 0.278 e. The standard InChI is InChI=1S/C15H10FN5O2S/c16-12-7-5-10(6-8-12)14-18-19-15(24)20(14)17-9-11-3-1-2-4-13(11)21(22)23/h1-9H,(H,19,24)/b17-9-. The molecule has 3 rings (SSSR count). The topological polar surface area (TPSA) is 89.1 Å². The van der Waals surface area contributed by atoms with Crippen LogP contribution < -0.4 is 0 Å². The van der Waals surface area contributed by atoms with Gasteiger partial charge in [-0.1, -0.05) is 12.1 Å². The van der Waals surface area contributed by atoms with Gasteiger partial charge in [0.1, 0.15) is 5.82 Å². The number of rotatable bonds is 4. The molecule has 1 heterocycles. The van der Waals surface area contributed by atoms with E-state index in [1.807, 2.05) is 0 Å². The summed E-state index contributed by atoms with van der Waals surface area (Å²) in [6, 6.07) is 11.9. The van der Waals surface area contributed by atoms with Crippen LogP contribution in [-0.4, -0.2) is 26.0 Å². The van der Waals surface area contributed by atoms with Gasteiger partial charge in [-0.05, 0) is 42.5 Å². The molecule has 0 saturated carbocycles. The first-order valence-corrected chi connectivity index (χ1v) is 7.18. The Bertz CT molecular complexity index is 978. The SMILES string of the molecule is O=[N+]([O-])c1ccccc1/C=N\n1c(-c2ccc(F)cc2)n[nH]c1=S. The monoisotopic (exact) mass is 343 g/mol. The summed E-state index contributed by atoms with van der Waals surface area (Å²) >= 11 is 5.12. The van der Waals surface area contributed by atoms with Crippen LogP contribution in [0.1, 0.15) is 5.56 Å². The summed E-state index contributed by atoms with van der Waals surface area (Å²) in [5.41, 5.74) is 0.860. The second kappa shape index (κ2) is 6.50. The van der Waals surface area contributed by atoms with Gasteiger partial charge < -0.3 is 0 Å². The van der Waals surface area contributed by atoms with Crippen LogP contribution in [0.3, 0.4) is 0 Å². The van der Waals surface area contributed by atoms with Gasteiger partial charge in [-0.25, -0.2) is 9.49 Å². The molecule has 3 aromatic rings. The lowest BCUT2D eigenvalue weighted by atomic mass is 10.2. The zero-order valence-electron chi connectivity index (χ0n) is 12.1. The molecule has 0 spiro atoms. The average molecular weight is 343 g/mol. The fourth-order valence-electron chi connectivity index (χ4n) is 2.07. The molecule has 7 nitrogen and oxygen atoms in total. The van der Waals surface area contributed by atoms with Crippen LogP contribution in [0.2, 0.25) is 0 Å². The molecule has 0 radical (unpaired) electrons. The molecule has 1 N–H and O–H groups in total. The van der Waals surface area contributed by atoms with Crippen molar-refractivity contribution in [2.75, 3.05) is 0 Å². The summed E-state index contributed by atoms with van der Waals surface area (Å²) in [5.74, 6) is -0.00215. The zero-order valence-corrected chi connectivity index (χ0v) is 12.9. The highest BCUT2D eigenvalue weighted by atomic mass is 32.1. The Balaban J connectivity index is 2.03. The van der Waals surface area contributed by atoms with Gasteiger partial charge >= 0.3 is 0 Å². The van der Waals surface area contributed by atoms with Gasteiger partial charge in [-0.2, -0.15) is 14.9 Å². The molecule has 0 fully saturated rings. The molecule has 0 unspecified atom stereocenters. The first kappa shape index (κ1) is 15.7. The van der Waals surface area contributed by atoms with E-state index in [4.69, 9.17) is 12.2 Å². The van der Waals surface area contributed by atoms with Gasteiger partial charge in [-0.3, -0.25) is 10.1 Å². The summed E-state index contributed by atoms with van der Waals surface area (Å²) in [6.07, 6.45) is 1.33. The number of nitrogens with one attached hydrogen (secondary N) is 1. The third-order valence-corrected chi connectivity index (χ3v) is 3.46. The van der Waals surface area contributed by atoms with E-state index in [-0.39, 0.29) is 16.3 Å². The lowest BCUT2D eigenvalue weighted by molar-refractivity contribution is -0.385. The van der Waals surface area contributed by atoms with Gasteiger partial charge in [0, 0.05) is 11.6 Å². The number of hydrogen-bond acceptors (Lipinski definition) is 5. The van der Waals surface area contributed by atoms with Gasteiger partial charge in [0.25, 0.3) is 5.69 Å². The molecule has 1 aromatic heterocycles.